The minimum absolute atomic E-state index is 0.121. The quantitative estimate of drug-likeness (QED) is 0.498. The highest BCUT2D eigenvalue weighted by atomic mass is 19.4. The van der Waals surface area contributed by atoms with Crippen LogP contribution in [0.5, 0.6) is 0 Å². The number of halogens is 3. The number of ether oxygens (including phenoxy) is 1. The highest BCUT2D eigenvalue weighted by molar-refractivity contribution is 5.92. The maximum atomic E-state index is 13.2. The Morgan fingerprint density at radius 2 is 2.04 bits per heavy atom. The monoisotopic (exact) mass is 401 g/mol. The van der Waals surface area contributed by atoms with E-state index >= 15 is 0 Å². The third-order valence-electron chi connectivity index (χ3n) is 5.37. The number of allylic oxidation sites excluding steroid dienone is 2. The highest BCUT2D eigenvalue weighted by Crippen LogP contribution is 2.35. The van der Waals surface area contributed by atoms with Gasteiger partial charge < -0.3 is 14.7 Å². The number of nitrogens with zero attached hydrogens (tertiary/aromatic N) is 1. The van der Waals surface area contributed by atoms with Crippen molar-refractivity contribution < 1.29 is 27.8 Å². The summed E-state index contributed by atoms with van der Waals surface area (Å²) >= 11 is 0. The molecule has 4 nitrogen and oxygen atoms in total. The van der Waals surface area contributed by atoms with Crippen molar-refractivity contribution in [2.24, 2.45) is 5.92 Å². The number of hydrogen-bond donors (Lipinski definition) is 1. The average Bonchev–Trinajstić information content (AvgIpc) is 2.85. The molecule has 0 saturated carbocycles. The second-order valence-corrected chi connectivity index (χ2v) is 7.48. The highest BCUT2D eigenvalue weighted by Gasteiger charge is 2.42. The van der Waals surface area contributed by atoms with Crippen molar-refractivity contribution in [3.8, 4) is 0 Å². The van der Waals surface area contributed by atoms with E-state index in [-0.39, 0.29) is 18.5 Å². The lowest BCUT2D eigenvalue weighted by Gasteiger charge is -2.36. The van der Waals surface area contributed by atoms with Gasteiger partial charge in [0.1, 0.15) is 0 Å². The predicted molar refractivity (Wildman–Crippen MR) is 102 cm³/mol. The van der Waals surface area contributed by atoms with Gasteiger partial charge in [-0.2, -0.15) is 13.2 Å². The van der Waals surface area contributed by atoms with Gasteiger partial charge >= 0.3 is 12.1 Å². The van der Waals surface area contributed by atoms with Crippen molar-refractivity contribution in [1.82, 2.24) is 4.90 Å². The number of aliphatic carboxylic acids is 1. The Labute approximate surface area is 164 Å². The zero-order valence-electron chi connectivity index (χ0n) is 16.6. The first-order chi connectivity index (χ1) is 13.2. The van der Waals surface area contributed by atoms with Crippen LogP contribution in [0.15, 0.2) is 34.6 Å². The fourth-order valence-corrected chi connectivity index (χ4v) is 3.71. The maximum absolute atomic E-state index is 13.2. The van der Waals surface area contributed by atoms with Gasteiger partial charge in [0.25, 0.3) is 0 Å². The Balaban J connectivity index is 2.38. The first-order valence-corrected chi connectivity index (χ1v) is 9.97. The SMILES string of the molecule is CCC/C=C(/C=C(/C(=O)O)C1=C(C)CCOCC1)N1CCCC(C(F)(F)F)C1. The van der Waals surface area contributed by atoms with E-state index in [1.54, 1.807) is 11.0 Å². The number of likely N-dealkylation sites (tertiary alicyclic amines) is 1. The van der Waals surface area contributed by atoms with Crippen LogP contribution in [0.2, 0.25) is 0 Å². The van der Waals surface area contributed by atoms with E-state index in [4.69, 9.17) is 4.74 Å². The molecule has 0 aromatic heterocycles. The van der Waals surface area contributed by atoms with Gasteiger partial charge in [0.2, 0.25) is 0 Å². The van der Waals surface area contributed by atoms with Crippen LogP contribution < -0.4 is 0 Å². The molecular formula is C21H30F3NO3. The third kappa shape index (κ3) is 6.12. The Hall–Kier alpha value is -1.76. The van der Waals surface area contributed by atoms with Gasteiger partial charge in [0, 0.05) is 18.8 Å². The first kappa shape index (κ1) is 22.5. The molecular weight excluding hydrogens is 371 g/mol. The number of carboxylic acid groups (broad SMARTS) is 1. The van der Waals surface area contributed by atoms with Crippen LogP contribution in [0.3, 0.4) is 0 Å². The molecule has 1 N–H and O–H groups in total. The lowest BCUT2D eigenvalue weighted by atomic mass is 9.94. The van der Waals surface area contributed by atoms with E-state index in [1.807, 2.05) is 19.9 Å². The molecule has 2 aliphatic rings. The summed E-state index contributed by atoms with van der Waals surface area (Å²) < 4.78 is 45.1. The Bertz CT molecular complexity index is 650. The van der Waals surface area contributed by atoms with Gasteiger partial charge in [0.05, 0.1) is 24.7 Å². The maximum Gasteiger partial charge on any atom is 0.393 e. The second-order valence-electron chi connectivity index (χ2n) is 7.48. The Kier molecular flexibility index (Phi) is 8.16. The molecule has 7 heteroatoms. The Morgan fingerprint density at radius 3 is 2.68 bits per heavy atom. The average molecular weight is 401 g/mol. The van der Waals surface area contributed by atoms with Crippen molar-refractivity contribution in [3.05, 3.63) is 34.6 Å². The van der Waals surface area contributed by atoms with Gasteiger partial charge in [-0.05, 0) is 50.7 Å². The molecule has 2 heterocycles. The lowest BCUT2D eigenvalue weighted by Crippen LogP contribution is -2.41. The van der Waals surface area contributed by atoms with E-state index in [2.05, 4.69) is 0 Å². The van der Waals surface area contributed by atoms with Crippen molar-refractivity contribution in [3.63, 3.8) is 0 Å². The van der Waals surface area contributed by atoms with E-state index < -0.39 is 18.1 Å². The molecule has 0 aliphatic carbocycles. The molecule has 0 amide bonds. The Morgan fingerprint density at radius 1 is 1.32 bits per heavy atom. The topological polar surface area (TPSA) is 49.8 Å². The van der Waals surface area contributed by atoms with Crippen LogP contribution in [-0.4, -0.2) is 48.5 Å². The minimum Gasteiger partial charge on any atom is -0.478 e. The summed E-state index contributed by atoms with van der Waals surface area (Å²) in [5.41, 5.74) is 2.45. The molecule has 0 aromatic rings. The van der Waals surface area contributed by atoms with Crippen molar-refractivity contribution >= 4 is 5.97 Å². The predicted octanol–water partition coefficient (Wildman–Crippen LogP) is 5.08. The summed E-state index contributed by atoms with van der Waals surface area (Å²) in [6.07, 6.45) is 2.46. The van der Waals surface area contributed by atoms with Crippen molar-refractivity contribution in [2.45, 2.75) is 58.5 Å². The number of hydrogen-bond acceptors (Lipinski definition) is 3. The number of carbonyl (C=O) groups is 1. The van der Waals surface area contributed by atoms with Gasteiger partial charge in [-0.3, -0.25) is 0 Å². The number of piperidine rings is 1. The van der Waals surface area contributed by atoms with Gasteiger partial charge in [-0.15, -0.1) is 0 Å². The molecule has 158 valence electrons. The van der Waals surface area contributed by atoms with Crippen LogP contribution in [0.1, 0.15) is 52.4 Å². The van der Waals surface area contributed by atoms with E-state index in [9.17, 15) is 23.1 Å². The van der Waals surface area contributed by atoms with Gasteiger partial charge in [-0.25, -0.2) is 4.79 Å². The smallest absolute Gasteiger partial charge is 0.393 e. The lowest BCUT2D eigenvalue weighted by molar-refractivity contribution is -0.184. The molecule has 1 saturated heterocycles. The molecule has 2 rings (SSSR count). The number of unbranched alkanes of at least 4 members (excludes halogenated alkanes) is 1. The molecule has 28 heavy (non-hydrogen) atoms. The van der Waals surface area contributed by atoms with Crippen LogP contribution in [0, 0.1) is 5.92 Å². The van der Waals surface area contributed by atoms with Crippen LogP contribution in [0.25, 0.3) is 0 Å². The van der Waals surface area contributed by atoms with E-state index in [0.717, 1.165) is 17.6 Å². The van der Waals surface area contributed by atoms with Gasteiger partial charge in [0.15, 0.2) is 0 Å². The molecule has 0 spiro atoms. The first-order valence-electron chi connectivity index (χ1n) is 9.97. The molecule has 1 unspecified atom stereocenters. The zero-order valence-corrected chi connectivity index (χ0v) is 16.6. The van der Waals surface area contributed by atoms with Crippen LogP contribution in [-0.2, 0) is 9.53 Å². The number of alkyl halides is 3. The summed E-state index contributed by atoms with van der Waals surface area (Å²) in [7, 11) is 0. The summed E-state index contributed by atoms with van der Waals surface area (Å²) in [5, 5.41) is 9.82. The fraction of sp³-hybridized carbons (Fsp3) is 0.667. The van der Waals surface area contributed by atoms with Crippen LogP contribution >= 0.6 is 0 Å². The molecule has 0 aromatic carbocycles. The van der Waals surface area contributed by atoms with Crippen molar-refractivity contribution in [1.29, 1.82) is 0 Å². The summed E-state index contributed by atoms with van der Waals surface area (Å²) in [6.45, 7) is 5.28. The number of carboxylic acids is 1. The molecule has 1 fully saturated rings. The third-order valence-corrected chi connectivity index (χ3v) is 5.37. The minimum atomic E-state index is -4.23. The summed E-state index contributed by atoms with van der Waals surface area (Å²) in [6, 6.07) is 0. The number of rotatable bonds is 6. The molecule has 0 radical (unpaired) electrons. The molecule has 1 atom stereocenters. The standard InChI is InChI=1S/C21H30F3NO3/c1-3-4-7-17(25-10-5-6-16(14-25)21(22,23)24)13-19(20(26)27)18-9-12-28-11-8-15(18)2/h7,13,16H,3-6,8-12,14H2,1-2H3,(H,26,27)/b17-7-,19-13+. The molecule has 2 aliphatic heterocycles. The largest absolute Gasteiger partial charge is 0.478 e. The zero-order chi connectivity index (χ0) is 20.7. The van der Waals surface area contributed by atoms with Crippen LogP contribution in [0.4, 0.5) is 13.2 Å². The van der Waals surface area contributed by atoms with Crippen molar-refractivity contribution in [2.75, 3.05) is 26.3 Å². The second kappa shape index (κ2) is 10.1. The fourth-order valence-electron chi connectivity index (χ4n) is 3.71. The van der Waals surface area contributed by atoms with Gasteiger partial charge in [-0.1, -0.05) is 25.0 Å². The summed E-state index contributed by atoms with van der Waals surface area (Å²) in [4.78, 5) is 13.7. The molecule has 0 bridgehead atoms. The van der Waals surface area contributed by atoms with E-state index in [1.165, 1.54) is 0 Å². The van der Waals surface area contributed by atoms with E-state index in [0.29, 0.717) is 51.1 Å². The summed E-state index contributed by atoms with van der Waals surface area (Å²) in [5.74, 6) is -2.43. The normalized spacial score (nSPS) is 23.0.